The first-order valence-electron chi connectivity index (χ1n) is 7.87. The number of aliphatic carboxylic acids is 1. The van der Waals surface area contributed by atoms with Crippen molar-refractivity contribution in [2.24, 2.45) is 5.92 Å². The van der Waals surface area contributed by atoms with Crippen molar-refractivity contribution in [3.63, 3.8) is 0 Å². The van der Waals surface area contributed by atoms with E-state index in [0.717, 1.165) is 24.1 Å². The third kappa shape index (κ3) is 5.65. The standard InChI is InChI=1S/C17H24N2O4/c1-23-12-14-6-4-13(5-7-14)9-18-16(20)11-19-8-2-3-15(10-19)17(21)22/h4-7,15H,2-3,8-12H2,1H3,(H,18,20)(H,21,22). The second-order valence-corrected chi connectivity index (χ2v) is 5.94. The first-order valence-corrected chi connectivity index (χ1v) is 7.87. The van der Waals surface area contributed by atoms with Crippen LogP contribution in [0.25, 0.3) is 0 Å². The van der Waals surface area contributed by atoms with E-state index in [2.05, 4.69) is 5.32 Å². The molecule has 1 aliphatic heterocycles. The van der Waals surface area contributed by atoms with E-state index in [0.29, 0.717) is 26.1 Å². The maximum absolute atomic E-state index is 12.0. The number of ether oxygens (including phenoxy) is 1. The van der Waals surface area contributed by atoms with Crippen molar-refractivity contribution in [1.29, 1.82) is 0 Å². The quantitative estimate of drug-likeness (QED) is 0.790. The van der Waals surface area contributed by atoms with Gasteiger partial charge in [-0.2, -0.15) is 0 Å². The van der Waals surface area contributed by atoms with Crippen molar-refractivity contribution in [3.05, 3.63) is 35.4 Å². The molecule has 0 bridgehead atoms. The molecule has 2 N–H and O–H groups in total. The molecule has 1 heterocycles. The van der Waals surface area contributed by atoms with Crippen molar-refractivity contribution in [2.75, 3.05) is 26.7 Å². The summed E-state index contributed by atoms with van der Waals surface area (Å²) in [4.78, 5) is 25.0. The Morgan fingerprint density at radius 3 is 2.65 bits per heavy atom. The molecule has 0 aromatic heterocycles. The third-order valence-electron chi connectivity index (χ3n) is 4.05. The van der Waals surface area contributed by atoms with Gasteiger partial charge >= 0.3 is 5.97 Å². The Morgan fingerprint density at radius 2 is 2.00 bits per heavy atom. The van der Waals surface area contributed by atoms with Gasteiger partial charge in [0, 0.05) is 20.2 Å². The Bertz CT molecular complexity index is 530. The summed E-state index contributed by atoms with van der Waals surface area (Å²) in [6, 6.07) is 7.89. The van der Waals surface area contributed by atoms with Gasteiger partial charge in [-0.3, -0.25) is 14.5 Å². The predicted molar refractivity (Wildman–Crippen MR) is 85.8 cm³/mol. The van der Waals surface area contributed by atoms with Gasteiger partial charge in [0.15, 0.2) is 0 Å². The van der Waals surface area contributed by atoms with E-state index < -0.39 is 5.97 Å². The van der Waals surface area contributed by atoms with E-state index in [-0.39, 0.29) is 18.4 Å². The molecule has 1 saturated heterocycles. The lowest BCUT2D eigenvalue weighted by Crippen LogP contribution is -2.44. The zero-order valence-corrected chi connectivity index (χ0v) is 13.5. The molecule has 2 rings (SSSR count). The maximum Gasteiger partial charge on any atom is 0.307 e. The SMILES string of the molecule is COCc1ccc(CNC(=O)CN2CCCC(C(=O)O)C2)cc1. The second-order valence-electron chi connectivity index (χ2n) is 5.94. The summed E-state index contributed by atoms with van der Waals surface area (Å²) >= 11 is 0. The van der Waals surface area contributed by atoms with Crippen LogP contribution >= 0.6 is 0 Å². The summed E-state index contributed by atoms with van der Waals surface area (Å²) in [6.07, 6.45) is 1.52. The molecule has 1 aliphatic rings. The minimum Gasteiger partial charge on any atom is -0.481 e. The van der Waals surface area contributed by atoms with Crippen LogP contribution in [0.1, 0.15) is 24.0 Å². The molecule has 0 aliphatic carbocycles. The van der Waals surface area contributed by atoms with Crippen molar-refractivity contribution < 1.29 is 19.4 Å². The minimum atomic E-state index is -0.772. The fourth-order valence-corrected chi connectivity index (χ4v) is 2.78. The van der Waals surface area contributed by atoms with Gasteiger partial charge < -0.3 is 15.2 Å². The number of nitrogens with zero attached hydrogens (tertiary/aromatic N) is 1. The van der Waals surface area contributed by atoms with Crippen LogP contribution < -0.4 is 5.32 Å². The molecule has 1 atom stereocenters. The molecule has 126 valence electrons. The van der Waals surface area contributed by atoms with Crippen molar-refractivity contribution >= 4 is 11.9 Å². The number of carbonyl (C=O) groups excluding carboxylic acids is 1. The number of benzene rings is 1. The van der Waals surface area contributed by atoms with Crippen LogP contribution in [0.15, 0.2) is 24.3 Å². The monoisotopic (exact) mass is 320 g/mol. The molecular weight excluding hydrogens is 296 g/mol. The average Bonchev–Trinajstić information content (AvgIpc) is 2.55. The van der Waals surface area contributed by atoms with E-state index in [1.165, 1.54) is 0 Å². The molecule has 1 amide bonds. The second kappa shape index (κ2) is 8.64. The third-order valence-corrected chi connectivity index (χ3v) is 4.05. The number of carbonyl (C=O) groups is 2. The topological polar surface area (TPSA) is 78.9 Å². The molecular formula is C17H24N2O4. The number of likely N-dealkylation sites (tertiary alicyclic amines) is 1. The number of methoxy groups -OCH3 is 1. The molecule has 1 aromatic carbocycles. The highest BCUT2D eigenvalue weighted by molar-refractivity contribution is 5.78. The molecule has 6 nitrogen and oxygen atoms in total. The fraction of sp³-hybridized carbons (Fsp3) is 0.529. The molecule has 0 spiro atoms. The molecule has 1 unspecified atom stereocenters. The lowest BCUT2D eigenvalue weighted by molar-refractivity contribution is -0.144. The lowest BCUT2D eigenvalue weighted by atomic mass is 9.98. The number of nitrogens with one attached hydrogen (secondary N) is 1. The first-order chi connectivity index (χ1) is 11.1. The molecule has 1 aromatic rings. The van der Waals surface area contributed by atoms with Crippen LogP contribution in [-0.2, 0) is 27.5 Å². The maximum atomic E-state index is 12.0. The van der Waals surface area contributed by atoms with Gasteiger partial charge in [-0.25, -0.2) is 0 Å². The van der Waals surface area contributed by atoms with Crippen molar-refractivity contribution in [1.82, 2.24) is 10.2 Å². The summed E-state index contributed by atoms with van der Waals surface area (Å²) in [6.45, 7) is 2.54. The number of amides is 1. The van der Waals surface area contributed by atoms with E-state index >= 15 is 0 Å². The molecule has 0 saturated carbocycles. The Kier molecular flexibility index (Phi) is 6.55. The van der Waals surface area contributed by atoms with Crippen LogP contribution in [0.3, 0.4) is 0 Å². The average molecular weight is 320 g/mol. The van der Waals surface area contributed by atoms with Gasteiger partial charge in [-0.15, -0.1) is 0 Å². The number of hydrogen-bond donors (Lipinski definition) is 2. The lowest BCUT2D eigenvalue weighted by Gasteiger charge is -2.29. The summed E-state index contributed by atoms with van der Waals surface area (Å²) in [5.41, 5.74) is 2.12. The van der Waals surface area contributed by atoms with Gasteiger partial charge in [0.05, 0.1) is 19.1 Å². The van der Waals surface area contributed by atoms with Gasteiger partial charge in [0.25, 0.3) is 0 Å². The van der Waals surface area contributed by atoms with Crippen molar-refractivity contribution in [3.8, 4) is 0 Å². The highest BCUT2D eigenvalue weighted by Gasteiger charge is 2.26. The highest BCUT2D eigenvalue weighted by atomic mass is 16.5. The van der Waals surface area contributed by atoms with Gasteiger partial charge in [0.1, 0.15) is 0 Å². The highest BCUT2D eigenvalue weighted by Crippen LogP contribution is 2.16. The fourth-order valence-electron chi connectivity index (χ4n) is 2.78. The van der Waals surface area contributed by atoms with Crippen LogP contribution in [0, 0.1) is 5.92 Å². The minimum absolute atomic E-state index is 0.0722. The van der Waals surface area contributed by atoms with E-state index in [4.69, 9.17) is 9.84 Å². The number of carboxylic acids is 1. The Labute approximate surface area is 136 Å². The number of hydrogen-bond acceptors (Lipinski definition) is 4. The Hall–Kier alpha value is -1.92. The van der Waals surface area contributed by atoms with Crippen LogP contribution in [0.5, 0.6) is 0 Å². The normalized spacial score (nSPS) is 18.6. The Balaban J connectivity index is 1.75. The molecule has 0 radical (unpaired) electrons. The Morgan fingerprint density at radius 1 is 1.30 bits per heavy atom. The molecule has 1 fully saturated rings. The largest absolute Gasteiger partial charge is 0.481 e. The molecule has 23 heavy (non-hydrogen) atoms. The smallest absolute Gasteiger partial charge is 0.307 e. The summed E-state index contributed by atoms with van der Waals surface area (Å²) in [7, 11) is 1.66. The van der Waals surface area contributed by atoms with Crippen LogP contribution in [-0.4, -0.2) is 48.6 Å². The summed E-state index contributed by atoms with van der Waals surface area (Å²) < 4.78 is 5.06. The zero-order valence-electron chi connectivity index (χ0n) is 13.5. The van der Waals surface area contributed by atoms with Crippen molar-refractivity contribution in [2.45, 2.75) is 26.0 Å². The van der Waals surface area contributed by atoms with E-state index in [1.54, 1.807) is 7.11 Å². The number of piperidine rings is 1. The summed E-state index contributed by atoms with van der Waals surface area (Å²) in [5.74, 6) is -1.20. The van der Waals surface area contributed by atoms with E-state index in [9.17, 15) is 9.59 Å². The van der Waals surface area contributed by atoms with Crippen LogP contribution in [0.2, 0.25) is 0 Å². The van der Waals surface area contributed by atoms with Gasteiger partial charge in [-0.1, -0.05) is 24.3 Å². The number of rotatable bonds is 7. The number of carboxylic acid groups (broad SMARTS) is 1. The first kappa shape index (κ1) is 17.4. The van der Waals surface area contributed by atoms with Gasteiger partial charge in [-0.05, 0) is 30.5 Å². The predicted octanol–water partition coefficient (Wildman–Crippen LogP) is 1.25. The summed E-state index contributed by atoms with van der Waals surface area (Å²) in [5, 5.41) is 11.9. The zero-order chi connectivity index (χ0) is 16.7. The van der Waals surface area contributed by atoms with Crippen LogP contribution in [0.4, 0.5) is 0 Å². The molecule has 6 heteroatoms. The van der Waals surface area contributed by atoms with Gasteiger partial charge in [0.2, 0.25) is 5.91 Å². The van der Waals surface area contributed by atoms with E-state index in [1.807, 2.05) is 29.2 Å².